The highest BCUT2D eigenvalue weighted by Gasteiger charge is 2.42. The molecule has 0 saturated heterocycles. The minimum absolute atomic E-state index is 0.0684. The van der Waals surface area contributed by atoms with Gasteiger partial charge in [-0.15, -0.1) is 0 Å². The van der Waals surface area contributed by atoms with Crippen molar-refractivity contribution in [3.05, 3.63) is 61.4 Å². The first-order valence-electron chi connectivity index (χ1n) is 9.83. The van der Waals surface area contributed by atoms with Gasteiger partial charge in [-0.2, -0.15) is 23.4 Å². The lowest BCUT2D eigenvalue weighted by Gasteiger charge is -2.08. The van der Waals surface area contributed by atoms with Crippen molar-refractivity contribution in [1.82, 2.24) is 19.6 Å². The number of anilines is 1. The number of nitrogens with one attached hydrogen (secondary N) is 1. The summed E-state index contributed by atoms with van der Waals surface area (Å²) in [6, 6.07) is 5.10. The van der Waals surface area contributed by atoms with Crippen LogP contribution in [-0.2, 0) is 24.1 Å². The largest absolute Gasteiger partial charge is 0.436 e. The van der Waals surface area contributed by atoms with Crippen LogP contribution < -0.4 is 5.32 Å². The molecule has 1 saturated carbocycles. The lowest BCUT2D eigenvalue weighted by molar-refractivity contribution is -0.141. The lowest BCUT2D eigenvalue weighted by Crippen LogP contribution is -2.17. The Hall–Kier alpha value is -1.94. The first-order chi connectivity index (χ1) is 15.5. The number of nitrogens with zero attached hydrogens (tertiary/aromatic N) is 4. The van der Waals surface area contributed by atoms with Crippen LogP contribution in [0, 0.1) is 0 Å². The molecule has 0 aliphatic heterocycles. The Balaban J connectivity index is 1.43. The molecule has 1 amide bonds. The molecule has 3 aromatic rings. The minimum Gasteiger partial charge on any atom is -0.308 e. The number of carbonyl (C=O) groups is 1. The van der Waals surface area contributed by atoms with E-state index in [4.69, 9.17) is 46.4 Å². The lowest BCUT2D eigenvalue weighted by atomic mass is 10.2. The van der Waals surface area contributed by atoms with Crippen molar-refractivity contribution in [3.8, 4) is 0 Å². The normalized spacial score (nSPS) is 14.0. The summed E-state index contributed by atoms with van der Waals surface area (Å²) in [5.74, 6) is -0.451. The molecule has 0 atom stereocenters. The quantitative estimate of drug-likeness (QED) is 0.364. The number of aromatic nitrogens is 4. The van der Waals surface area contributed by atoms with Gasteiger partial charge in [0.2, 0.25) is 5.91 Å². The maximum atomic E-state index is 13.2. The summed E-state index contributed by atoms with van der Waals surface area (Å²) >= 11 is 24.5. The standard InChI is InChI=1S/C20H16Cl4F3N5O/c21-12-2-1-3-13(22)11(12)8-31-9-14(23)19(30-31)28-15(33)6-7-32-17(10-4-5-10)16(24)18(29-32)20(25,26)27/h1-3,9-10H,4-8H2,(H,28,30,33). The fourth-order valence-electron chi connectivity index (χ4n) is 3.36. The van der Waals surface area contributed by atoms with Crippen LogP contribution in [0.2, 0.25) is 20.1 Å². The number of benzene rings is 1. The van der Waals surface area contributed by atoms with E-state index in [2.05, 4.69) is 15.5 Å². The highest BCUT2D eigenvalue weighted by molar-refractivity contribution is 6.36. The van der Waals surface area contributed by atoms with Crippen LogP contribution in [0.1, 0.15) is 42.1 Å². The minimum atomic E-state index is -4.67. The van der Waals surface area contributed by atoms with Crippen LogP contribution in [0.15, 0.2) is 24.4 Å². The summed E-state index contributed by atoms with van der Waals surface area (Å²) in [7, 11) is 0. The van der Waals surface area contributed by atoms with Crippen LogP contribution in [0.4, 0.5) is 19.0 Å². The molecule has 1 aromatic carbocycles. The van der Waals surface area contributed by atoms with Gasteiger partial charge in [0.15, 0.2) is 11.5 Å². The Morgan fingerprint density at radius 1 is 1.09 bits per heavy atom. The summed E-state index contributed by atoms with van der Waals surface area (Å²) in [5.41, 5.74) is -0.177. The number of aryl methyl sites for hydroxylation is 1. The van der Waals surface area contributed by atoms with Gasteiger partial charge in [0.25, 0.3) is 0 Å². The van der Waals surface area contributed by atoms with Crippen molar-refractivity contribution in [2.45, 2.75) is 44.4 Å². The summed E-state index contributed by atoms with van der Waals surface area (Å²) in [6.07, 6.45) is -1.84. The summed E-state index contributed by atoms with van der Waals surface area (Å²) in [5, 5.41) is 11.1. The van der Waals surface area contributed by atoms with Gasteiger partial charge in [0, 0.05) is 34.1 Å². The predicted molar refractivity (Wildman–Crippen MR) is 120 cm³/mol. The zero-order chi connectivity index (χ0) is 23.9. The third-order valence-corrected chi connectivity index (χ3v) is 6.43. The number of hydrogen-bond acceptors (Lipinski definition) is 3. The molecular weight excluding hydrogens is 525 g/mol. The molecule has 2 heterocycles. The van der Waals surface area contributed by atoms with E-state index in [-0.39, 0.29) is 36.3 Å². The number of amides is 1. The second kappa shape index (κ2) is 9.37. The zero-order valence-corrected chi connectivity index (χ0v) is 19.8. The van der Waals surface area contributed by atoms with Gasteiger partial charge >= 0.3 is 6.18 Å². The van der Waals surface area contributed by atoms with Gasteiger partial charge < -0.3 is 5.32 Å². The van der Waals surface area contributed by atoms with Crippen molar-refractivity contribution in [2.24, 2.45) is 0 Å². The highest BCUT2D eigenvalue weighted by atomic mass is 35.5. The third kappa shape index (κ3) is 5.42. The molecule has 1 aliphatic rings. The van der Waals surface area contributed by atoms with E-state index in [1.54, 1.807) is 18.2 Å². The first kappa shape index (κ1) is 24.2. The maximum absolute atomic E-state index is 13.2. The summed E-state index contributed by atoms with van der Waals surface area (Å²) < 4.78 is 42.2. The molecule has 4 rings (SSSR count). The van der Waals surface area contributed by atoms with Crippen LogP contribution in [-0.4, -0.2) is 25.5 Å². The predicted octanol–water partition coefficient (Wildman–Crippen LogP) is 6.67. The van der Waals surface area contributed by atoms with Gasteiger partial charge in [0.1, 0.15) is 5.02 Å². The van der Waals surface area contributed by atoms with E-state index >= 15 is 0 Å². The molecule has 6 nitrogen and oxygen atoms in total. The number of halogens is 7. The molecule has 176 valence electrons. The molecule has 1 aliphatic carbocycles. The van der Waals surface area contributed by atoms with Gasteiger partial charge in [-0.3, -0.25) is 14.2 Å². The molecule has 0 unspecified atom stereocenters. The van der Waals surface area contributed by atoms with Gasteiger partial charge in [-0.1, -0.05) is 52.5 Å². The van der Waals surface area contributed by atoms with Crippen molar-refractivity contribution < 1.29 is 18.0 Å². The van der Waals surface area contributed by atoms with Gasteiger partial charge in [0.05, 0.1) is 23.8 Å². The molecule has 0 radical (unpaired) electrons. The van der Waals surface area contributed by atoms with Crippen molar-refractivity contribution in [2.75, 3.05) is 5.32 Å². The molecule has 1 fully saturated rings. The summed E-state index contributed by atoms with van der Waals surface area (Å²) in [6.45, 7) is 0.159. The Bertz CT molecular complexity index is 1180. The Morgan fingerprint density at radius 2 is 1.76 bits per heavy atom. The summed E-state index contributed by atoms with van der Waals surface area (Å²) in [4.78, 5) is 12.4. The van der Waals surface area contributed by atoms with Crippen LogP contribution >= 0.6 is 46.4 Å². The molecular formula is C20H16Cl4F3N5O. The van der Waals surface area contributed by atoms with E-state index in [0.29, 0.717) is 21.3 Å². The maximum Gasteiger partial charge on any atom is 0.436 e. The van der Waals surface area contributed by atoms with E-state index in [1.807, 2.05) is 0 Å². The molecule has 0 bridgehead atoms. The number of carbonyl (C=O) groups excluding carboxylic acids is 1. The van der Waals surface area contributed by atoms with E-state index in [9.17, 15) is 18.0 Å². The Morgan fingerprint density at radius 3 is 2.36 bits per heavy atom. The molecule has 0 spiro atoms. The van der Waals surface area contributed by atoms with Gasteiger partial charge in [-0.05, 0) is 25.0 Å². The molecule has 13 heteroatoms. The van der Waals surface area contributed by atoms with Crippen molar-refractivity contribution >= 4 is 58.1 Å². The fraction of sp³-hybridized carbons (Fsp3) is 0.350. The highest BCUT2D eigenvalue weighted by Crippen LogP contribution is 2.47. The van der Waals surface area contributed by atoms with Crippen molar-refractivity contribution in [1.29, 1.82) is 0 Å². The number of alkyl halides is 3. The number of rotatable bonds is 7. The second-order valence-electron chi connectivity index (χ2n) is 7.56. The monoisotopic (exact) mass is 539 g/mol. The Kier molecular flexibility index (Phi) is 6.87. The topological polar surface area (TPSA) is 64.7 Å². The fourth-order valence-corrected chi connectivity index (χ4v) is 4.47. The SMILES string of the molecule is O=C(CCn1nc(C(F)(F)F)c(Cl)c1C1CC1)Nc1nn(Cc2c(Cl)cccc2Cl)cc1Cl. The molecule has 1 N–H and O–H groups in total. The number of hydrogen-bond donors (Lipinski definition) is 1. The van der Waals surface area contributed by atoms with Crippen LogP contribution in [0.5, 0.6) is 0 Å². The van der Waals surface area contributed by atoms with Gasteiger partial charge in [-0.25, -0.2) is 0 Å². The van der Waals surface area contributed by atoms with E-state index < -0.39 is 22.8 Å². The average Bonchev–Trinajstić information content (AvgIpc) is 3.41. The molecule has 33 heavy (non-hydrogen) atoms. The first-order valence-corrected chi connectivity index (χ1v) is 11.3. The average molecular weight is 541 g/mol. The van der Waals surface area contributed by atoms with E-state index in [0.717, 1.165) is 12.8 Å². The van der Waals surface area contributed by atoms with Crippen LogP contribution in [0.25, 0.3) is 0 Å². The van der Waals surface area contributed by atoms with E-state index in [1.165, 1.54) is 15.6 Å². The zero-order valence-electron chi connectivity index (χ0n) is 16.8. The smallest absolute Gasteiger partial charge is 0.308 e. The second-order valence-corrected chi connectivity index (χ2v) is 9.16. The van der Waals surface area contributed by atoms with Crippen LogP contribution in [0.3, 0.4) is 0 Å². The third-order valence-electron chi connectivity index (χ3n) is 5.07. The van der Waals surface area contributed by atoms with Crippen molar-refractivity contribution in [3.63, 3.8) is 0 Å². The Labute approximate surface area is 206 Å². The molecule has 2 aromatic heterocycles.